The second-order valence-electron chi connectivity index (χ2n) is 2.16. The minimum atomic E-state index is -0.545. The van der Waals surface area contributed by atoms with Gasteiger partial charge in [0.15, 0.2) is 5.82 Å². The number of halogens is 1. The first-order valence-electron chi connectivity index (χ1n) is 3.34. The SMILES string of the molecule is CC(Cl)C(=O)NCc1nn[nH]n1. The fraction of sp³-hybridized carbons (Fsp3) is 0.600. The Labute approximate surface area is 73.7 Å². The van der Waals surface area contributed by atoms with Gasteiger partial charge in [-0.15, -0.1) is 21.8 Å². The number of nitrogens with one attached hydrogen (secondary N) is 2. The van der Waals surface area contributed by atoms with Crippen LogP contribution in [0.3, 0.4) is 0 Å². The van der Waals surface area contributed by atoms with Crippen LogP contribution in [0, 0.1) is 0 Å². The van der Waals surface area contributed by atoms with Crippen LogP contribution in [0.1, 0.15) is 12.7 Å². The molecule has 0 aromatic carbocycles. The third-order valence-electron chi connectivity index (χ3n) is 1.17. The molecule has 1 aromatic heterocycles. The van der Waals surface area contributed by atoms with Crippen LogP contribution < -0.4 is 5.32 Å². The fourth-order valence-electron chi connectivity index (χ4n) is 0.564. The Morgan fingerprint density at radius 3 is 3.08 bits per heavy atom. The van der Waals surface area contributed by atoms with Crippen molar-refractivity contribution >= 4 is 17.5 Å². The first kappa shape index (κ1) is 8.92. The predicted molar refractivity (Wildman–Crippen MR) is 41.3 cm³/mol. The van der Waals surface area contributed by atoms with Crippen LogP contribution in [0.4, 0.5) is 0 Å². The van der Waals surface area contributed by atoms with Crippen molar-refractivity contribution in [3.05, 3.63) is 5.82 Å². The van der Waals surface area contributed by atoms with Crippen LogP contribution in [0.5, 0.6) is 0 Å². The Balaban J connectivity index is 2.32. The van der Waals surface area contributed by atoms with Crippen LogP contribution in [-0.2, 0) is 11.3 Å². The molecule has 12 heavy (non-hydrogen) atoms. The monoisotopic (exact) mass is 189 g/mol. The van der Waals surface area contributed by atoms with Crippen molar-refractivity contribution < 1.29 is 4.79 Å². The van der Waals surface area contributed by atoms with Crippen molar-refractivity contribution in [1.82, 2.24) is 25.9 Å². The van der Waals surface area contributed by atoms with Crippen molar-refractivity contribution in [2.75, 3.05) is 0 Å². The number of hydrogen-bond acceptors (Lipinski definition) is 4. The summed E-state index contributed by atoms with van der Waals surface area (Å²) in [5.41, 5.74) is 0. The van der Waals surface area contributed by atoms with Crippen LogP contribution in [-0.4, -0.2) is 31.9 Å². The van der Waals surface area contributed by atoms with Crippen molar-refractivity contribution in [3.63, 3.8) is 0 Å². The summed E-state index contributed by atoms with van der Waals surface area (Å²) in [6, 6.07) is 0. The average molecular weight is 190 g/mol. The van der Waals surface area contributed by atoms with Crippen LogP contribution in [0.2, 0.25) is 0 Å². The molecule has 7 heteroatoms. The quantitative estimate of drug-likeness (QED) is 0.625. The van der Waals surface area contributed by atoms with E-state index in [0.717, 1.165) is 0 Å². The van der Waals surface area contributed by atoms with Gasteiger partial charge in [-0.3, -0.25) is 4.79 Å². The largest absolute Gasteiger partial charge is 0.347 e. The van der Waals surface area contributed by atoms with Crippen molar-refractivity contribution in [3.8, 4) is 0 Å². The number of hydrogen-bond donors (Lipinski definition) is 2. The average Bonchev–Trinajstić information content (AvgIpc) is 2.51. The van der Waals surface area contributed by atoms with Crippen molar-refractivity contribution in [2.45, 2.75) is 18.8 Å². The van der Waals surface area contributed by atoms with Crippen LogP contribution in [0.25, 0.3) is 0 Å². The number of carbonyl (C=O) groups is 1. The summed E-state index contributed by atoms with van der Waals surface area (Å²) in [5.74, 6) is 0.183. The molecule has 1 atom stereocenters. The summed E-state index contributed by atoms with van der Waals surface area (Å²) < 4.78 is 0. The molecule has 0 aliphatic carbocycles. The van der Waals surface area contributed by atoms with Crippen molar-refractivity contribution in [2.24, 2.45) is 0 Å². The van der Waals surface area contributed by atoms with Gasteiger partial charge in [0.05, 0.1) is 6.54 Å². The first-order chi connectivity index (χ1) is 5.70. The van der Waals surface area contributed by atoms with Gasteiger partial charge in [-0.2, -0.15) is 5.21 Å². The molecule has 0 saturated carbocycles. The zero-order chi connectivity index (χ0) is 8.97. The molecule has 1 heterocycles. The molecule has 0 radical (unpaired) electrons. The fourth-order valence-corrected chi connectivity index (χ4v) is 0.641. The van der Waals surface area contributed by atoms with E-state index in [9.17, 15) is 4.79 Å². The Hall–Kier alpha value is -1.17. The number of rotatable bonds is 3. The number of tetrazole rings is 1. The molecule has 1 aromatic rings. The third kappa shape index (κ3) is 2.46. The summed E-state index contributed by atoms with van der Waals surface area (Å²) >= 11 is 5.49. The number of alkyl halides is 1. The van der Waals surface area contributed by atoms with E-state index in [2.05, 4.69) is 25.9 Å². The first-order valence-corrected chi connectivity index (χ1v) is 3.78. The molecule has 1 amide bonds. The van der Waals surface area contributed by atoms with Crippen LogP contribution in [0.15, 0.2) is 0 Å². The molecule has 0 saturated heterocycles. The highest BCUT2D eigenvalue weighted by atomic mass is 35.5. The zero-order valence-electron chi connectivity index (χ0n) is 6.41. The number of carbonyl (C=O) groups excluding carboxylic acids is 1. The minimum Gasteiger partial charge on any atom is -0.347 e. The van der Waals surface area contributed by atoms with Crippen molar-refractivity contribution in [1.29, 1.82) is 0 Å². The molecule has 0 spiro atoms. The lowest BCUT2D eigenvalue weighted by Crippen LogP contribution is -2.29. The minimum absolute atomic E-state index is 0.242. The Morgan fingerprint density at radius 1 is 1.83 bits per heavy atom. The second-order valence-corrected chi connectivity index (χ2v) is 2.82. The topological polar surface area (TPSA) is 83.6 Å². The van der Waals surface area contributed by atoms with E-state index < -0.39 is 5.38 Å². The van der Waals surface area contributed by atoms with E-state index in [1.54, 1.807) is 6.92 Å². The maximum absolute atomic E-state index is 10.9. The molecule has 0 aliphatic rings. The van der Waals surface area contributed by atoms with Gasteiger partial charge in [-0.25, -0.2) is 0 Å². The smallest absolute Gasteiger partial charge is 0.238 e. The Bertz CT molecular complexity index is 246. The molecule has 66 valence electrons. The summed E-state index contributed by atoms with van der Waals surface area (Å²) in [6.45, 7) is 1.83. The van der Waals surface area contributed by atoms with Gasteiger partial charge in [0.2, 0.25) is 5.91 Å². The summed E-state index contributed by atoms with van der Waals surface area (Å²) in [6.07, 6.45) is 0. The lowest BCUT2D eigenvalue weighted by Gasteiger charge is -2.02. The predicted octanol–water partition coefficient (Wildman–Crippen LogP) is -0.557. The number of H-pyrrole nitrogens is 1. The zero-order valence-corrected chi connectivity index (χ0v) is 7.17. The van der Waals surface area contributed by atoms with E-state index in [-0.39, 0.29) is 12.5 Å². The number of nitrogens with zero attached hydrogens (tertiary/aromatic N) is 3. The number of aromatic nitrogens is 4. The molecule has 2 N–H and O–H groups in total. The highest BCUT2D eigenvalue weighted by molar-refractivity contribution is 6.30. The molecule has 1 rings (SSSR count). The van der Waals surface area contributed by atoms with E-state index in [4.69, 9.17) is 11.6 Å². The lowest BCUT2D eigenvalue weighted by molar-refractivity contribution is -0.120. The van der Waals surface area contributed by atoms with E-state index in [1.165, 1.54) is 0 Å². The highest BCUT2D eigenvalue weighted by Gasteiger charge is 2.08. The third-order valence-corrected chi connectivity index (χ3v) is 1.37. The maximum atomic E-state index is 10.9. The standard InChI is InChI=1S/C5H8ClN5O/c1-3(6)5(12)7-2-4-8-10-11-9-4/h3H,2H2,1H3,(H,7,12)(H,8,9,10,11). The Kier molecular flexibility index (Phi) is 2.98. The van der Waals surface area contributed by atoms with Gasteiger partial charge in [0, 0.05) is 0 Å². The molecular formula is C5H8ClN5O. The van der Waals surface area contributed by atoms with Gasteiger partial charge in [0.25, 0.3) is 0 Å². The second kappa shape index (κ2) is 4.01. The lowest BCUT2D eigenvalue weighted by atomic mass is 10.4. The molecule has 0 aliphatic heterocycles. The van der Waals surface area contributed by atoms with Gasteiger partial charge in [-0.1, -0.05) is 5.21 Å². The molecule has 0 bridgehead atoms. The molecule has 1 unspecified atom stereocenters. The van der Waals surface area contributed by atoms with E-state index >= 15 is 0 Å². The van der Waals surface area contributed by atoms with E-state index in [1.807, 2.05) is 0 Å². The molecule has 0 fully saturated rings. The Morgan fingerprint density at radius 2 is 2.58 bits per heavy atom. The van der Waals surface area contributed by atoms with Gasteiger partial charge < -0.3 is 5.32 Å². The number of aromatic amines is 1. The highest BCUT2D eigenvalue weighted by Crippen LogP contribution is 1.92. The van der Waals surface area contributed by atoms with Crippen LogP contribution >= 0.6 is 11.6 Å². The van der Waals surface area contributed by atoms with Gasteiger partial charge in [-0.05, 0) is 6.92 Å². The molecular weight excluding hydrogens is 182 g/mol. The number of amides is 1. The molecule has 6 nitrogen and oxygen atoms in total. The summed E-state index contributed by atoms with van der Waals surface area (Å²) in [7, 11) is 0. The summed E-state index contributed by atoms with van der Waals surface area (Å²) in [5, 5.41) is 14.9. The maximum Gasteiger partial charge on any atom is 0.238 e. The summed E-state index contributed by atoms with van der Waals surface area (Å²) in [4.78, 5) is 10.9. The van der Waals surface area contributed by atoms with Gasteiger partial charge >= 0.3 is 0 Å². The van der Waals surface area contributed by atoms with E-state index in [0.29, 0.717) is 5.82 Å². The van der Waals surface area contributed by atoms with Gasteiger partial charge in [0.1, 0.15) is 5.38 Å². The normalized spacial score (nSPS) is 12.5.